The molecular weight excluding hydrogens is 382 g/mol. The molecule has 1 aromatic carbocycles. The fraction of sp³-hybridized carbons (Fsp3) is 0.381. The average Bonchev–Trinajstić information content (AvgIpc) is 3.39. The minimum atomic E-state index is 0.258. The molecule has 150 valence electrons. The zero-order chi connectivity index (χ0) is 20.2. The Labute approximate surface area is 174 Å². The van der Waals surface area contributed by atoms with Gasteiger partial charge in [-0.05, 0) is 31.7 Å². The van der Waals surface area contributed by atoms with Crippen molar-refractivity contribution in [3.63, 3.8) is 0 Å². The fourth-order valence-corrected chi connectivity index (χ4v) is 4.64. The van der Waals surface area contributed by atoms with Gasteiger partial charge in [-0.2, -0.15) is 5.10 Å². The van der Waals surface area contributed by atoms with Gasteiger partial charge in [-0.1, -0.05) is 41.6 Å². The molecule has 0 unspecified atom stereocenters. The van der Waals surface area contributed by atoms with Crippen LogP contribution in [0, 0.1) is 18.3 Å². The van der Waals surface area contributed by atoms with Crippen LogP contribution in [0.5, 0.6) is 0 Å². The maximum absolute atomic E-state index is 8.61. The zero-order valence-corrected chi connectivity index (χ0v) is 17.5. The van der Waals surface area contributed by atoms with Crippen LogP contribution in [0.15, 0.2) is 41.8 Å². The van der Waals surface area contributed by atoms with Gasteiger partial charge in [0.2, 0.25) is 0 Å². The van der Waals surface area contributed by atoms with Crippen molar-refractivity contribution in [1.29, 1.82) is 5.41 Å². The molecule has 4 rings (SSSR count). The standard InChI is InChI=1S/C21H25N7S/c1-13-3-5-14(6-4-13)9-18(23-2)29-19(22)15-7-8-16(10-15)27-20-17-11-26-28-21(17)25-12-24-20/h3-6,11-12,15-16,22H,7-10H2,1-2H3,(H2,24,25,26,27,28)/t15-,16+/m1/s1. The first-order valence-corrected chi connectivity index (χ1v) is 10.6. The van der Waals surface area contributed by atoms with Crippen molar-refractivity contribution in [3.8, 4) is 0 Å². The van der Waals surface area contributed by atoms with E-state index < -0.39 is 0 Å². The van der Waals surface area contributed by atoms with Crippen molar-refractivity contribution in [2.75, 3.05) is 12.4 Å². The number of fused-ring (bicyclic) bond motifs is 1. The molecule has 8 heteroatoms. The Balaban J connectivity index is 1.34. The maximum atomic E-state index is 8.61. The molecule has 1 saturated carbocycles. The number of rotatable bonds is 5. The number of aromatic nitrogens is 4. The second kappa shape index (κ2) is 8.73. The van der Waals surface area contributed by atoms with Crippen molar-refractivity contribution >= 4 is 38.7 Å². The van der Waals surface area contributed by atoms with E-state index >= 15 is 0 Å². The number of nitrogens with one attached hydrogen (secondary N) is 3. The van der Waals surface area contributed by atoms with E-state index in [1.54, 1.807) is 12.5 Å². The van der Waals surface area contributed by atoms with Crippen LogP contribution in [-0.4, -0.2) is 43.3 Å². The second-order valence-electron chi connectivity index (χ2n) is 7.45. The summed E-state index contributed by atoms with van der Waals surface area (Å²) < 4.78 is 0. The van der Waals surface area contributed by atoms with Crippen molar-refractivity contribution in [2.24, 2.45) is 10.9 Å². The van der Waals surface area contributed by atoms with Gasteiger partial charge in [0.15, 0.2) is 5.65 Å². The Morgan fingerprint density at radius 3 is 2.90 bits per heavy atom. The van der Waals surface area contributed by atoms with Crippen LogP contribution in [-0.2, 0) is 6.42 Å². The first-order chi connectivity index (χ1) is 14.1. The summed E-state index contributed by atoms with van der Waals surface area (Å²) >= 11 is 1.52. The number of hydrogen-bond donors (Lipinski definition) is 3. The number of hydrogen-bond acceptors (Lipinski definition) is 7. The first kappa shape index (κ1) is 19.6. The van der Waals surface area contributed by atoms with Crippen LogP contribution in [0.4, 0.5) is 5.82 Å². The molecular formula is C21H25N7S. The SMILES string of the molecule is CN=C(Cc1ccc(C)cc1)SC(=N)[C@@H]1CC[C@H](Nc2ncnc3[nH]ncc23)C1. The third kappa shape index (κ3) is 4.64. The molecule has 1 aliphatic carbocycles. The normalized spacial score (nSPS) is 19.6. The number of thioether (sulfide) groups is 1. The molecule has 3 N–H and O–H groups in total. The molecule has 1 fully saturated rings. The summed E-state index contributed by atoms with van der Waals surface area (Å²) in [7, 11) is 1.81. The summed E-state index contributed by atoms with van der Waals surface area (Å²) in [5.74, 6) is 1.07. The molecule has 0 aliphatic heterocycles. The van der Waals surface area contributed by atoms with Crippen molar-refractivity contribution in [3.05, 3.63) is 47.9 Å². The lowest BCUT2D eigenvalue weighted by atomic mass is 10.1. The Bertz CT molecular complexity index is 1020. The van der Waals surface area contributed by atoms with Crippen LogP contribution in [0.25, 0.3) is 11.0 Å². The van der Waals surface area contributed by atoms with E-state index in [-0.39, 0.29) is 5.92 Å². The molecule has 0 radical (unpaired) electrons. The third-order valence-corrected chi connectivity index (χ3v) is 6.46. The molecule has 3 aromatic rings. The number of aromatic amines is 1. The van der Waals surface area contributed by atoms with E-state index in [2.05, 4.69) is 61.7 Å². The average molecular weight is 408 g/mol. The third-order valence-electron chi connectivity index (χ3n) is 5.35. The van der Waals surface area contributed by atoms with Crippen LogP contribution < -0.4 is 5.32 Å². The highest BCUT2D eigenvalue weighted by atomic mass is 32.2. The van der Waals surface area contributed by atoms with Gasteiger partial charge in [-0.25, -0.2) is 9.97 Å². The molecule has 29 heavy (non-hydrogen) atoms. The Morgan fingerprint density at radius 1 is 1.28 bits per heavy atom. The topological polar surface area (TPSA) is 103 Å². The lowest BCUT2D eigenvalue weighted by Crippen LogP contribution is -2.18. The van der Waals surface area contributed by atoms with E-state index in [4.69, 9.17) is 5.41 Å². The van der Waals surface area contributed by atoms with Crippen molar-refractivity contribution in [1.82, 2.24) is 20.2 Å². The van der Waals surface area contributed by atoms with Gasteiger partial charge in [-0.3, -0.25) is 15.5 Å². The molecule has 2 heterocycles. The van der Waals surface area contributed by atoms with E-state index in [1.165, 1.54) is 22.9 Å². The zero-order valence-electron chi connectivity index (χ0n) is 16.6. The smallest absolute Gasteiger partial charge is 0.160 e. The van der Waals surface area contributed by atoms with E-state index in [1.807, 2.05) is 7.05 Å². The largest absolute Gasteiger partial charge is 0.367 e. The summed E-state index contributed by atoms with van der Waals surface area (Å²) in [6.07, 6.45) is 7.02. The summed E-state index contributed by atoms with van der Waals surface area (Å²) in [6.45, 7) is 2.09. The number of nitrogens with zero attached hydrogens (tertiary/aromatic N) is 4. The highest BCUT2D eigenvalue weighted by molar-refractivity contribution is 8.26. The fourth-order valence-electron chi connectivity index (χ4n) is 3.68. The quantitative estimate of drug-likeness (QED) is 0.434. The predicted octanol–water partition coefficient (Wildman–Crippen LogP) is 4.22. The number of H-pyrrole nitrogens is 1. The molecule has 2 atom stereocenters. The molecule has 2 aromatic heterocycles. The molecule has 1 aliphatic rings. The number of benzene rings is 1. The summed E-state index contributed by atoms with van der Waals surface area (Å²) in [4.78, 5) is 13.0. The Kier molecular flexibility index (Phi) is 5.89. The summed E-state index contributed by atoms with van der Waals surface area (Å²) in [5, 5.41) is 21.6. The minimum absolute atomic E-state index is 0.258. The highest BCUT2D eigenvalue weighted by Gasteiger charge is 2.29. The second-order valence-corrected chi connectivity index (χ2v) is 8.57. The monoisotopic (exact) mass is 407 g/mol. The van der Waals surface area contributed by atoms with Crippen LogP contribution in [0.2, 0.25) is 0 Å². The van der Waals surface area contributed by atoms with E-state index in [0.717, 1.165) is 47.6 Å². The lowest BCUT2D eigenvalue weighted by molar-refractivity contribution is 0.709. The number of aliphatic imine (C=N–C) groups is 1. The molecule has 0 spiro atoms. The van der Waals surface area contributed by atoms with Crippen LogP contribution >= 0.6 is 11.8 Å². The summed E-state index contributed by atoms with van der Waals surface area (Å²) in [5.41, 5.74) is 3.22. The van der Waals surface area contributed by atoms with E-state index in [9.17, 15) is 0 Å². The van der Waals surface area contributed by atoms with Crippen LogP contribution in [0.1, 0.15) is 30.4 Å². The van der Waals surface area contributed by atoms with E-state index in [0.29, 0.717) is 11.1 Å². The highest BCUT2D eigenvalue weighted by Crippen LogP contribution is 2.33. The summed E-state index contributed by atoms with van der Waals surface area (Å²) in [6, 6.07) is 8.82. The van der Waals surface area contributed by atoms with Gasteiger partial charge in [0.05, 0.1) is 21.7 Å². The molecule has 0 bridgehead atoms. The van der Waals surface area contributed by atoms with Crippen molar-refractivity contribution in [2.45, 2.75) is 38.6 Å². The maximum Gasteiger partial charge on any atom is 0.160 e. The first-order valence-electron chi connectivity index (χ1n) is 9.80. The van der Waals surface area contributed by atoms with Gasteiger partial charge < -0.3 is 5.32 Å². The Morgan fingerprint density at radius 2 is 2.10 bits per heavy atom. The van der Waals surface area contributed by atoms with Gasteiger partial charge in [0.25, 0.3) is 0 Å². The van der Waals surface area contributed by atoms with Crippen molar-refractivity contribution < 1.29 is 0 Å². The molecule has 7 nitrogen and oxygen atoms in total. The Hall–Kier alpha value is -2.74. The van der Waals surface area contributed by atoms with Gasteiger partial charge in [0.1, 0.15) is 12.1 Å². The van der Waals surface area contributed by atoms with Gasteiger partial charge in [-0.15, -0.1) is 0 Å². The van der Waals surface area contributed by atoms with Gasteiger partial charge >= 0.3 is 0 Å². The van der Waals surface area contributed by atoms with Gasteiger partial charge in [0, 0.05) is 25.4 Å². The number of aryl methyl sites for hydroxylation is 1. The predicted molar refractivity (Wildman–Crippen MR) is 120 cm³/mol. The van der Waals surface area contributed by atoms with Crippen LogP contribution in [0.3, 0.4) is 0 Å². The molecule has 0 amide bonds. The lowest BCUT2D eigenvalue weighted by Gasteiger charge is -2.15. The minimum Gasteiger partial charge on any atom is -0.367 e. The number of anilines is 1. The molecule has 0 saturated heterocycles.